The van der Waals surface area contributed by atoms with E-state index in [1.54, 1.807) is 11.8 Å². The average Bonchev–Trinajstić information content (AvgIpc) is 2.72. The largest absolute Gasteiger partial charge is 0.390 e. The van der Waals surface area contributed by atoms with Gasteiger partial charge in [-0.25, -0.2) is 0 Å². The minimum Gasteiger partial charge on any atom is -0.390 e. The van der Waals surface area contributed by atoms with Crippen molar-refractivity contribution in [2.75, 3.05) is 0 Å². The minimum absolute atomic E-state index is 0.107. The molecule has 2 unspecified atom stereocenters. The number of hydrogen-bond acceptors (Lipinski definition) is 3. The molecule has 2 N–H and O–H groups in total. The predicted molar refractivity (Wildman–Crippen MR) is 59.8 cm³/mol. The second kappa shape index (κ2) is 4.53. The van der Waals surface area contributed by atoms with Crippen molar-refractivity contribution < 1.29 is 5.11 Å². The van der Waals surface area contributed by atoms with Crippen LogP contribution in [0.2, 0.25) is 0 Å². The van der Waals surface area contributed by atoms with Gasteiger partial charge in [-0.2, -0.15) is 0 Å². The van der Waals surface area contributed by atoms with Gasteiger partial charge in [0.1, 0.15) is 5.37 Å². The first-order valence-corrected chi connectivity index (χ1v) is 5.59. The molecule has 1 heterocycles. The highest BCUT2D eigenvalue weighted by Crippen LogP contribution is 2.20. The van der Waals surface area contributed by atoms with Crippen molar-refractivity contribution in [3.63, 3.8) is 0 Å². The van der Waals surface area contributed by atoms with Gasteiger partial charge in [0.25, 0.3) is 0 Å². The van der Waals surface area contributed by atoms with Gasteiger partial charge in [-0.15, -0.1) is 11.8 Å². The van der Waals surface area contributed by atoms with Crippen molar-refractivity contribution in [2.24, 2.45) is 0 Å². The number of hydrogen-bond donors (Lipinski definition) is 2. The van der Waals surface area contributed by atoms with E-state index in [9.17, 15) is 5.11 Å². The van der Waals surface area contributed by atoms with E-state index in [0.717, 1.165) is 0 Å². The Bertz CT molecular complexity index is 304. The zero-order valence-corrected chi connectivity index (χ0v) is 8.58. The Kier molecular flexibility index (Phi) is 3.11. The zero-order chi connectivity index (χ0) is 9.80. The van der Waals surface area contributed by atoms with E-state index >= 15 is 0 Å². The lowest BCUT2D eigenvalue weighted by molar-refractivity contribution is 0.166. The van der Waals surface area contributed by atoms with Crippen molar-refractivity contribution in [1.82, 2.24) is 5.32 Å². The summed E-state index contributed by atoms with van der Waals surface area (Å²) in [5, 5.41) is 15.1. The first-order valence-electron chi connectivity index (χ1n) is 4.65. The molecule has 0 fully saturated rings. The molecule has 0 aromatic heterocycles. The van der Waals surface area contributed by atoms with Gasteiger partial charge < -0.3 is 10.4 Å². The molecule has 0 spiro atoms. The third-order valence-corrected chi connectivity index (χ3v) is 3.23. The van der Waals surface area contributed by atoms with E-state index in [0.29, 0.717) is 6.42 Å². The van der Waals surface area contributed by atoms with Crippen LogP contribution in [0.5, 0.6) is 0 Å². The van der Waals surface area contributed by atoms with Crippen molar-refractivity contribution in [3.8, 4) is 0 Å². The molecule has 3 heteroatoms. The second-order valence-electron chi connectivity index (χ2n) is 3.28. The van der Waals surface area contributed by atoms with Crippen molar-refractivity contribution >= 4 is 11.8 Å². The molecule has 0 saturated carbocycles. The molecule has 1 aliphatic rings. The van der Waals surface area contributed by atoms with Gasteiger partial charge in [-0.3, -0.25) is 0 Å². The standard InChI is InChI=1S/C11H13NOS/c13-10(11-12-6-7-14-11)8-9-4-2-1-3-5-9/h1-7,10-13H,8H2. The molecule has 0 saturated heterocycles. The summed E-state index contributed by atoms with van der Waals surface area (Å²) in [6.07, 6.45) is 2.24. The normalized spacial score (nSPS) is 21.9. The van der Waals surface area contributed by atoms with Gasteiger partial charge in [0.05, 0.1) is 6.10 Å². The summed E-state index contributed by atoms with van der Waals surface area (Å²) >= 11 is 1.63. The maximum absolute atomic E-state index is 9.88. The molecule has 1 aliphatic heterocycles. The third-order valence-electron chi connectivity index (χ3n) is 2.19. The number of rotatable bonds is 3. The molecular formula is C11H13NOS. The Labute approximate surface area is 88.0 Å². The highest BCUT2D eigenvalue weighted by atomic mass is 32.2. The highest BCUT2D eigenvalue weighted by molar-refractivity contribution is 8.02. The van der Waals surface area contributed by atoms with Gasteiger partial charge in [0, 0.05) is 12.6 Å². The number of nitrogens with one attached hydrogen (secondary N) is 1. The third kappa shape index (κ3) is 2.30. The van der Waals surface area contributed by atoms with Crippen LogP contribution in [0, 0.1) is 0 Å². The molecule has 1 aromatic rings. The second-order valence-corrected chi connectivity index (χ2v) is 4.34. The van der Waals surface area contributed by atoms with Crippen molar-refractivity contribution in [2.45, 2.75) is 17.9 Å². The summed E-state index contributed by atoms with van der Waals surface area (Å²) in [5.74, 6) is 0. The summed E-state index contributed by atoms with van der Waals surface area (Å²) in [5.41, 5.74) is 1.18. The van der Waals surface area contributed by atoms with Crippen LogP contribution in [-0.2, 0) is 6.42 Å². The van der Waals surface area contributed by atoms with E-state index in [2.05, 4.69) is 5.32 Å². The first kappa shape index (κ1) is 9.62. The van der Waals surface area contributed by atoms with Gasteiger partial charge in [-0.05, 0) is 11.0 Å². The van der Waals surface area contributed by atoms with Crippen LogP contribution in [0.15, 0.2) is 41.9 Å². The van der Waals surface area contributed by atoms with Crippen LogP contribution in [0.4, 0.5) is 0 Å². The summed E-state index contributed by atoms with van der Waals surface area (Å²) in [6.45, 7) is 0. The van der Waals surface area contributed by atoms with Crippen molar-refractivity contribution in [1.29, 1.82) is 0 Å². The van der Waals surface area contributed by atoms with Crippen LogP contribution >= 0.6 is 11.8 Å². The van der Waals surface area contributed by atoms with Crippen LogP contribution in [-0.4, -0.2) is 16.6 Å². The maximum Gasteiger partial charge on any atom is 0.102 e. The fourth-order valence-electron chi connectivity index (χ4n) is 1.46. The summed E-state index contributed by atoms with van der Waals surface area (Å²) in [6, 6.07) is 10.1. The van der Waals surface area contributed by atoms with Gasteiger partial charge in [0.2, 0.25) is 0 Å². The lowest BCUT2D eigenvalue weighted by atomic mass is 10.1. The summed E-state index contributed by atoms with van der Waals surface area (Å²) in [4.78, 5) is 0. The van der Waals surface area contributed by atoms with Crippen molar-refractivity contribution in [3.05, 3.63) is 47.5 Å². The van der Waals surface area contributed by atoms with E-state index in [-0.39, 0.29) is 11.5 Å². The lowest BCUT2D eigenvalue weighted by Gasteiger charge is -2.17. The fourth-order valence-corrected chi connectivity index (χ4v) is 2.22. The van der Waals surface area contributed by atoms with Gasteiger partial charge in [0.15, 0.2) is 0 Å². The highest BCUT2D eigenvalue weighted by Gasteiger charge is 2.20. The Balaban J connectivity index is 1.91. The number of aliphatic hydroxyl groups is 1. The smallest absolute Gasteiger partial charge is 0.102 e. The van der Waals surface area contributed by atoms with Crippen LogP contribution in [0.1, 0.15) is 5.56 Å². The molecule has 2 rings (SSSR count). The average molecular weight is 207 g/mol. The van der Waals surface area contributed by atoms with Gasteiger partial charge in [-0.1, -0.05) is 30.3 Å². The Hall–Kier alpha value is -0.930. The van der Waals surface area contributed by atoms with E-state index < -0.39 is 0 Å². The van der Waals surface area contributed by atoms with Crippen LogP contribution < -0.4 is 5.32 Å². The van der Waals surface area contributed by atoms with Crippen LogP contribution in [0.3, 0.4) is 0 Å². The monoisotopic (exact) mass is 207 g/mol. The molecule has 0 amide bonds. The Morgan fingerprint density at radius 2 is 2.14 bits per heavy atom. The number of benzene rings is 1. The summed E-state index contributed by atoms with van der Waals surface area (Å²) in [7, 11) is 0. The predicted octanol–water partition coefficient (Wildman–Crippen LogP) is 1.72. The maximum atomic E-state index is 9.88. The minimum atomic E-state index is -0.336. The fraction of sp³-hybridized carbons (Fsp3) is 0.273. The summed E-state index contributed by atoms with van der Waals surface area (Å²) < 4.78 is 0. The van der Waals surface area contributed by atoms with E-state index in [1.807, 2.05) is 41.9 Å². The molecule has 0 radical (unpaired) electrons. The van der Waals surface area contributed by atoms with E-state index in [4.69, 9.17) is 0 Å². The van der Waals surface area contributed by atoms with Gasteiger partial charge >= 0.3 is 0 Å². The number of thioether (sulfide) groups is 1. The topological polar surface area (TPSA) is 32.3 Å². The Morgan fingerprint density at radius 1 is 1.36 bits per heavy atom. The molecule has 14 heavy (non-hydrogen) atoms. The SMILES string of the molecule is OC(Cc1ccccc1)C1NC=CS1. The number of aliphatic hydroxyl groups excluding tert-OH is 1. The molecule has 2 nitrogen and oxygen atoms in total. The van der Waals surface area contributed by atoms with E-state index in [1.165, 1.54) is 5.56 Å². The lowest BCUT2D eigenvalue weighted by Crippen LogP contribution is -2.32. The molecule has 74 valence electrons. The molecular weight excluding hydrogens is 194 g/mol. The molecule has 2 atom stereocenters. The molecule has 0 bridgehead atoms. The Morgan fingerprint density at radius 3 is 2.79 bits per heavy atom. The molecule has 1 aromatic carbocycles. The zero-order valence-electron chi connectivity index (χ0n) is 7.76. The molecule has 0 aliphatic carbocycles. The quantitative estimate of drug-likeness (QED) is 0.791. The van der Waals surface area contributed by atoms with Crippen LogP contribution in [0.25, 0.3) is 0 Å². The first-order chi connectivity index (χ1) is 6.86.